The first-order valence-corrected chi connectivity index (χ1v) is 4.03. The Hall–Kier alpha value is -0.830. The molecule has 3 heteroatoms. The summed E-state index contributed by atoms with van der Waals surface area (Å²) in [5.74, 6) is 5.01. The summed E-state index contributed by atoms with van der Waals surface area (Å²) in [4.78, 5) is 0. The van der Waals surface area contributed by atoms with Gasteiger partial charge in [-0.25, -0.2) is 0 Å². The number of aryl methyl sites for hydroxylation is 1. The van der Waals surface area contributed by atoms with Crippen molar-refractivity contribution in [3.8, 4) is 0 Å². The molecule has 0 saturated heterocycles. The molecule has 0 atom stereocenters. The minimum absolute atomic E-state index is 1.02. The van der Waals surface area contributed by atoms with Crippen LogP contribution in [0.25, 0.3) is 0 Å². The van der Waals surface area contributed by atoms with E-state index in [1.54, 1.807) is 6.21 Å². The summed E-state index contributed by atoms with van der Waals surface area (Å²) in [7, 11) is 0. The van der Waals surface area contributed by atoms with E-state index in [1.165, 1.54) is 5.56 Å². The molecule has 58 valence electrons. The number of hydrogen-bond donors (Lipinski definition) is 1. The zero-order chi connectivity index (χ0) is 8.27. The molecule has 0 aromatic heterocycles. The van der Waals surface area contributed by atoms with Gasteiger partial charge in [0.2, 0.25) is 0 Å². The molecule has 0 amide bonds. The average Bonchev–Trinajstić information content (AvgIpc) is 1.98. The fraction of sp³-hybridized carbons (Fsp3) is 0.125. The van der Waals surface area contributed by atoms with Crippen LogP contribution in [0, 0.1) is 6.92 Å². The van der Waals surface area contributed by atoms with E-state index in [0.717, 1.165) is 10.0 Å². The van der Waals surface area contributed by atoms with Crippen molar-refractivity contribution in [3.63, 3.8) is 0 Å². The Morgan fingerprint density at radius 2 is 2.27 bits per heavy atom. The van der Waals surface area contributed by atoms with E-state index >= 15 is 0 Å². The lowest BCUT2D eigenvalue weighted by Gasteiger charge is -1.97. The normalized spacial score (nSPS) is 10.7. The highest BCUT2D eigenvalue weighted by Gasteiger charge is 1.93. The third kappa shape index (κ3) is 2.05. The van der Waals surface area contributed by atoms with E-state index in [0.29, 0.717) is 0 Å². The second-order valence-electron chi connectivity index (χ2n) is 2.29. The van der Waals surface area contributed by atoms with Crippen molar-refractivity contribution >= 4 is 22.1 Å². The molecule has 2 N–H and O–H groups in total. The Morgan fingerprint density at radius 3 is 2.82 bits per heavy atom. The minimum Gasteiger partial charge on any atom is -0.323 e. The third-order valence-electron chi connectivity index (χ3n) is 1.41. The van der Waals surface area contributed by atoms with Gasteiger partial charge in [-0.2, -0.15) is 5.10 Å². The average molecular weight is 213 g/mol. The van der Waals surface area contributed by atoms with Crippen molar-refractivity contribution in [2.24, 2.45) is 10.9 Å². The van der Waals surface area contributed by atoms with E-state index in [2.05, 4.69) is 21.0 Å². The zero-order valence-corrected chi connectivity index (χ0v) is 7.80. The fourth-order valence-corrected chi connectivity index (χ4v) is 1.08. The fourth-order valence-electron chi connectivity index (χ4n) is 0.834. The smallest absolute Gasteiger partial charge is 0.0538 e. The van der Waals surface area contributed by atoms with Crippen LogP contribution in [-0.4, -0.2) is 6.21 Å². The van der Waals surface area contributed by atoms with Crippen LogP contribution in [0.15, 0.2) is 27.8 Å². The van der Waals surface area contributed by atoms with Gasteiger partial charge in [0.15, 0.2) is 0 Å². The predicted molar refractivity (Wildman–Crippen MR) is 50.7 cm³/mol. The Bertz CT molecular complexity index is 281. The summed E-state index contributed by atoms with van der Waals surface area (Å²) >= 11 is 3.40. The Morgan fingerprint density at radius 1 is 1.55 bits per heavy atom. The number of halogens is 1. The molecule has 0 unspecified atom stereocenters. The van der Waals surface area contributed by atoms with E-state index < -0.39 is 0 Å². The monoisotopic (exact) mass is 212 g/mol. The maximum Gasteiger partial charge on any atom is 0.0538 e. The molecule has 0 aliphatic heterocycles. The molecule has 0 radical (unpaired) electrons. The second kappa shape index (κ2) is 3.53. The first-order chi connectivity index (χ1) is 5.24. The summed E-state index contributed by atoms with van der Waals surface area (Å²) in [5.41, 5.74) is 2.20. The van der Waals surface area contributed by atoms with Crippen molar-refractivity contribution < 1.29 is 0 Å². The van der Waals surface area contributed by atoms with E-state index in [1.807, 2.05) is 25.1 Å². The molecular weight excluding hydrogens is 204 g/mol. The largest absolute Gasteiger partial charge is 0.323 e. The van der Waals surface area contributed by atoms with Crippen LogP contribution in [0.2, 0.25) is 0 Å². The van der Waals surface area contributed by atoms with Crippen molar-refractivity contribution in [1.29, 1.82) is 0 Å². The van der Waals surface area contributed by atoms with Gasteiger partial charge in [-0.1, -0.05) is 22.0 Å². The molecule has 1 aromatic carbocycles. The summed E-state index contributed by atoms with van der Waals surface area (Å²) in [6, 6.07) is 5.94. The lowest BCUT2D eigenvalue weighted by molar-refractivity contribution is 1.26. The minimum atomic E-state index is 1.02. The number of hydrogen-bond acceptors (Lipinski definition) is 2. The lowest BCUT2D eigenvalue weighted by Crippen LogP contribution is -1.87. The van der Waals surface area contributed by atoms with E-state index in [-0.39, 0.29) is 0 Å². The maximum atomic E-state index is 5.01. The topological polar surface area (TPSA) is 38.4 Å². The van der Waals surface area contributed by atoms with Crippen LogP contribution in [0.3, 0.4) is 0 Å². The predicted octanol–water partition coefficient (Wildman–Crippen LogP) is 2.05. The molecule has 0 bridgehead atoms. The highest BCUT2D eigenvalue weighted by Crippen LogP contribution is 2.15. The molecule has 1 aromatic rings. The molecule has 0 spiro atoms. The van der Waals surface area contributed by atoms with Crippen LogP contribution in [0.5, 0.6) is 0 Å². The molecule has 1 rings (SSSR count). The van der Waals surface area contributed by atoms with Gasteiger partial charge in [0.25, 0.3) is 0 Å². The highest BCUT2D eigenvalue weighted by atomic mass is 79.9. The molecule has 2 nitrogen and oxygen atoms in total. The second-order valence-corrected chi connectivity index (χ2v) is 3.14. The van der Waals surface area contributed by atoms with Gasteiger partial charge in [0.05, 0.1) is 6.21 Å². The van der Waals surface area contributed by atoms with Gasteiger partial charge < -0.3 is 5.84 Å². The third-order valence-corrected chi connectivity index (χ3v) is 2.30. The molecule has 0 saturated carbocycles. The van der Waals surface area contributed by atoms with Crippen LogP contribution in [0.1, 0.15) is 11.1 Å². The molecular formula is C8H9BrN2. The maximum absolute atomic E-state index is 5.01. The first kappa shape index (κ1) is 8.27. The number of hydrazone groups is 1. The summed E-state index contributed by atoms with van der Waals surface area (Å²) in [5, 5.41) is 3.44. The first-order valence-electron chi connectivity index (χ1n) is 3.23. The van der Waals surface area contributed by atoms with Crippen molar-refractivity contribution in [3.05, 3.63) is 33.8 Å². The number of rotatable bonds is 1. The van der Waals surface area contributed by atoms with E-state index in [9.17, 15) is 0 Å². The highest BCUT2D eigenvalue weighted by molar-refractivity contribution is 9.10. The van der Waals surface area contributed by atoms with Crippen LogP contribution >= 0.6 is 15.9 Å². The standard InChI is InChI=1S/C8H9BrN2/c1-6-4-7(5-11-10)2-3-8(6)9/h2-5H,10H2,1H3. The molecule has 0 fully saturated rings. The van der Waals surface area contributed by atoms with Gasteiger partial charge in [-0.15, -0.1) is 0 Å². The van der Waals surface area contributed by atoms with E-state index in [4.69, 9.17) is 5.84 Å². The molecule has 11 heavy (non-hydrogen) atoms. The van der Waals surface area contributed by atoms with Gasteiger partial charge in [-0.3, -0.25) is 0 Å². The lowest BCUT2D eigenvalue weighted by atomic mass is 10.2. The molecule has 0 aliphatic carbocycles. The van der Waals surface area contributed by atoms with Crippen LogP contribution in [-0.2, 0) is 0 Å². The number of nitrogens with two attached hydrogens (primary N) is 1. The Kier molecular flexibility index (Phi) is 2.65. The zero-order valence-electron chi connectivity index (χ0n) is 6.21. The van der Waals surface area contributed by atoms with Gasteiger partial charge in [-0.05, 0) is 30.2 Å². The van der Waals surface area contributed by atoms with Gasteiger partial charge >= 0.3 is 0 Å². The molecule has 0 heterocycles. The summed E-state index contributed by atoms with van der Waals surface area (Å²) < 4.78 is 1.10. The van der Waals surface area contributed by atoms with Crippen molar-refractivity contribution in [1.82, 2.24) is 0 Å². The summed E-state index contributed by atoms with van der Waals surface area (Å²) in [6.45, 7) is 2.03. The van der Waals surface area contributed by atoms with Crippen molar-refractivity contribution in [2.45, 2.75) is 6.92 Å². The van der Waals surface area contributed by atoms with Crippen LogP contribution in [0.4, 0.5) is 0 Å². The quantitative estimate of drug-likeness (QED) is 0.432. The van der Waals surface area contributed by atoms with Crippen LogP contribution < -0.4 is 5.84 Å². The van der Waals surface area contributed by atoms with Crippen molar-refractivity contribution in [2.75, 3.05) is 0 Å². The number of benzene rings is 1. The Balaban J connectivity index is 3.05. The molecule has 0 aliphatic rings. The summed E-state index contributed by atoms with van der Waals surface area (Å²) in [6.07, 6.45) is 1.62. The van der Waals surface area contributed by atoms with Gasteiger partial charge in [0, 0.05) is 4.47 Å². The SMILES string of the molecule is Cc1cc(C=NN)ccc1Br. The number of nitrogens with zero attached hydrogens (tertiary/aromatic N) is 1. The Labute approximate surface area is 74.2 Å². The van der Waals surface area contributed by atoms with Gasteiger partial charge in [0.1, 0.15) is 0 Å².